The second-order valence-corrected chi connectivity index (χ2v) is 10.1. The van der Waals surface area contributed by atoms with Crippen molar-refractivity contribution in [3.63, 3.8) is 0 Å². The minimum atomic E-state index is -0.766. The van der Waals surface area contributed by atoms with Crippen molar-refractivity contribution < 1.29 is 23.9 Å². The van der Waals surface area contributed by atoms with Crippen molar-refractivity contribution in [2.24, 2.45) is 5.92 Å². The molecule has 0 radical (unpaired) electrons. The minimum absolute atomic E-state index is 0.0768. The molecule has 2 amide bonds. The second-order valence-electron chi connectivity index (χ2n) is 10.1. The van der Waals surface area contributed by atoms with E-state index in [-0.39, 0.29) is 23.8 Å². The Morgan fingerprint density at radius 2 is 1.47 bits per heavy atom. The lowest BCUT2D eigenvalue weighted by Gasteiger charge is -2.24. The molecule has 7 nitrogen and oxygen atoms in total. The maximum Gasteiger partial charge on any atom is 0.305 e. The van der Waals surface area contributed by atoms with Gasteiger partial charge in [-0.05, 0) is 25.2 Å². The summed E-state index contributed by atoms with van der Waals surface area (Å²) in [6, 6.07) is -0.984. The van der Waals surface area contributed by atoms with Crippen molar-refractivity contribution in [3.05, 3.63) is 0 Å². The summed E-state index contributed by atoms with van der Waals surface area (Å²) in [5.41, 5.74) is 0. The molecule has 1 heterocycles. The third-order valence-corrected chi connectivity index (χ3v) is 6.27. The van der Waals surface area contributed by atoms with Crippen LogP contribution >= 0.6 is 0 Å². The van der Waals surface area contributed by atoms with E-state index >= 15 is 0 Å². The summed E-state index contributed by atoms with van der Waals surface area (Å²) >= 11 is 0. The molecule has 0 bridgehead atoms. The fourth-order valence-electron chi connectivity index (χ4n) is 4.36. The highest BCUT2D eigenvalue weighted by molar-refractivity contribution is 5.87. The van der Waals surface area contributed by atoms with Gasteiger partial charge in [-0.1, -0.05) is 91.4 Å². The van der Waals surface area contributed by atoms with Crippen LogP contribution in [0.2, 0.25) is 0 Å². The number of rotatable bonds is 19. The zero-order valence-corrected chi connectivity index (χ0v) is 22.2. The molecule has 198 valence electrons. The first-order valence-corrected chi connectivity index (χ1v) is 13.7. The summed E-state index contributed by atoms with van der Waals surface area (Å²) in [6.07, 6.45) is 15.9. The molecule has 0 saturated carbocycles. The first kappa shape index (κ1) is 30.4. The highest BCUT2D eigenvalue weighted by Crippen LogP contribution is 2.16. The number of nitrogens with one attached hydrogen (secondary N) is 2. The van der Waals surface area contributed by atoms with E-state index < -0.39 is 18.3 Å². The molecule has 3 atom stereocenters. The molecule has 0 spiro atoms. The molecular weight excluding hydrogens is 432 g/mol. The molecule has 34 heavy (non-hydrogen) atoms. The van der Waals surface area contributed by atoms with E-state index in [1.807, 2.05) is 13.8 Å². The average Bonchev–Trinajstić information content (AvgIpc) is 3.19. The largest absolute Gasteiger partial charge is 0.434 e. The number of ether oxygens (including phenoxy) is 2. The van der Waals surface area contributed by atoms with Crippen LogP contribution < -0.4 is 10.6 Å². The van der Waals surface area contributed by atoms with Crippen LogP contribution in [-0.2, 0) is 23.9 Å². The third kappa shape index (κ3) is 14.6. The van der Waals surface area contributed by atoms with E-state index in [1.54, 1.807) is 0 Å². The second kappa shape index (κ2) is 18.7. The van der Waals surface area contributed by atoms with Gasteiger partial charge in [-0.2, -0.15) is 0 Å². The van der Waals surface area contributed by atoms with E-state index in [2.05, 4.69) is 17.6 Å². The summed E-state index contributed by atoms with van der Waals surface area (Å²) in [7, 11) is 0. The summed E-state index contributed by atoms with van der Waals surface area (Å²) < 4.78 is 10.5. The fourth-order valence-corrected chi connectivity index (χ4v) is 4.36. The molecule has 1 rings (SSSR count). The molecule has 1 saturated heterocycles. The predicted molar refractivity (Wildman–Crippen MR) is 135 cm³/mol. The number of hydrogen-bond donors (Lipinski definition) is 2. The predicted octanol–water partition coefficient (Wildman–Crippen LogP) is 5.40. The Morgan fingerprint density at radius 1 is 0.912 bits per heavy atom. The number of carbonyl (C=O) groups excluding carboxylic acids is 3. The minimum Gasteiger partial charge on any atom is -0.434 e. The van der Waals surface area contributed by atoms with Crippen LogP contribution in [0.25, 0.3) is 0 Å². The van der Waals surface area contributed by atoms with Gasteiger partial charge in [-0.25, -0.2) is 0 Å². The molecule has 0 unspecified atom stereocenters. The molecule has 2 N–H and O–H groups in total. The van der Waals surface area contributed by atoms with Crippen molar-refractivity contribution in [2.45, 2.75) is 142 Å². The normalized spacial score (nSPS) is 18.6. The molecule has 1 aliphatic rings. The quantitative estimate of drug-likeness (QED) is 0.190. The van der Waals surface area contributed by atoms with Crippen LogP contribution in [-0.4, -0.2) is 42.8 Å². The maximum absolute atomic E-state index is 12.9. The van der Waals surface area contributed by atoms with Gasteiger partial charge in [0.2, 0.25) is 18.1 Å². The summed E-state index contributed by atoms with van der Waals surface area (Å²) in [5, 5.41) is 5.82. The van der Waals surface area contributed by atoms with E-state index in [0.717, 1.165) is 19.3 Å². The Balaban J connectivity index is 2.24. The van der Waals surface area contributed by atoms with Crippen molar-refractivity contribution in [2.75, 3.05) is 6.61 Å². The number of carbonyl (C=O) groups is 3. The van der Waals surface area contributed by atoms with Crippen LogP contribution in [0.4, 0.5) is 0 Å². The van der Waals surface area contributed by atoms with E-state index in [1.165, 1.54) is 64.7 Å². The smallest absolute Gasteiger partial charge is 0.305 e. The van der Waals surface area contributed by atoms with Gasteiger partial charge in [0.25, 0.3) is 0 Å². The molecule has 0 aromatic carbocycles. The molecule has 0 aromatic rings. The Bertz CT molecular complexity index is 581. The Hall–Kier alpha value is -1.63. The summed E-state index contributed by atoms with van der Waals surface area (Å²) in [4.78, 5) is 36.6. The SMILES string of the molecule is CCCCCCCCCCCCCCC(=O)N[C@@H](CC(C)C)C(=O)N[C@H]1CCO[C@H]1OC(C)=O. The lowest BCUT2D eigenvalue weighted by atomic mass is 10.0. The Kier molecular flexibility index (Phi) is 16.7. The lowest BCUT2D eigenvalue weighted by Crippen LogP contribution is -2.52. The molecule has 0 aliphatic carbocycles. The maximum atomic E-state index is 12.9. The topological polar surface area (TPSA) is 93.7 Å². The van der Waals surface area contributed by atoms with Gasteiger partial charge in [-0.15, -0.1) is 0 Å². The fraction of sp³-hybridized carbons (Fsp3) is 0.889. The first-order valence-electron chi connectivity index (χ1n) is 13.7. The Labute approximate surface area is 207 Å². The molecule has 1 fully saturated rings. The van der Waals surface area contributed by atoms with Crippen molar-refractivity contribution in [3.8, 4) is 0 Å². The average molecular weight is 483 g/mol. The number of amides is 2. The van der Waals surface area contributed by atoms with Gasteiger partial charge in [-0.3, -0.25) is 14.4 Å². The van der Waals surface area contributed by atoms with Gasteiger partial charge in [0.05, 0.1) is 12.6 Å². The number of unbranched alkanes of at least 4 members (excludes halogenated alkanes) is 11. The summed E-state index contributed by atoms with van der Waals surface area (Å²) in [5.74, 6) is -0.510. The molecule has 1 aliphatic heterocycles. The standard InChI is InChI=1S/C27H50N2O5/c1-5-6-7-8-9-10-11-12-13-14-15-16-17-25(31)28-24(20-21(2)3)26(32)29-23-18-19-33-27(23)34-22(4)30/h21,23-24,27H,5-20H2,1-4H3,(H,28,31)(H,29,32)/t23-,24-,27-/m0/s1. The van der Waals surface area contributed by atoms with Crippen LogP contribution in [0, 0.1) is 5.92 Å². The highest BCUT2D eigenvalue weighted by Gasteiger charge is 2.34. The van der Waals surface area contributed by atoms with Crippen molar-refractivity contribution >= 4 is 17.8 Å². The van der Waals surface area contributed by atoms with Gasteiger partial charge in [0.1, 0.15) is 6.04 Å². The Morgan fingerprint density at radius 3 is 2.00 bits per heavy atom. The van der Waals surface area contributed by atoms with Gasteiger partial charge in [0.15, 0.2) is 0 Å². The van der Waals surface area contributed by atoms with E-state index in [0.29, 0.717) is 25.9 Å². The van der Waals surface area contributed by atoms with Crippen LogP contribution in [0.5, 0.6) is 0 Å². The van der Waals surface area contributed by atoms with Crippen molar-refractivity contribution in [1.29, 1.82) is 0 Å². The third-order valence-electron chi connectivity index (χ3n) is 6.27. The van der Waals surface area contributed by atoms with E-state index in [9.17, 15) is 14.4 Å². The summed E-state index contributed by atoms with van der Waals surface area (Å²) in [6.45, 7) is 8.04. The molecule has 0 aromatic heterocycles. The molecule has 7 heteroatoms. The first-order chi connectivity index (χ1) is 16.3. The van der Waals surface area contributed by atoms with Gasteiger partial charge < -0.3 is 20.1 Å². The number of esters is 1. The highest BCUT2D eigenvalue weighted by atomic mass is 16.7. The molecular formula is C27H50N2O5. The van der Waals surface area contributed by atoms with Crippen molar-refractivity contribution in [1.82, 2.24) is 10.6 Å². The zero-order valence-electron chi connectivity index (χ0n) is 22.2. The lowest BCUT2D eigenvalue weighted by molar-refractivity contribution is -0.170. The van der Waals surface area contributed by atoms with Gasteiger partial charge >= 0.3 is 5.97 Å². The zero-order chi connectivity index (χ0) is 25.2. The van der Waals surface area contributed by atoms with Gasteiger partial charge in [0, 0.05) is 13.3 Å². The van der Waals surface area contributed by atoms with Crippen LogP contribution in [0.1, 0.15) is 124 Å². The van der Waals surface area contributed by atoms with Crippen LogP contribution in [0.3, 0.4) is 0 Å². The van der Waals surface area contributed by atoms with Crippen LogP contribution in [0.15, 0.2) is 0 Å². The van der Waals surface area contributed by atoms with E-state index in [4.69, 9.17) is 9.47 Å². The monoisotopic (exact) mass is 482 g/mol. The number of hydrogen-bond acceptors (Lipinski definition) is 5.